The van der Waals surface area contributed by atoms with Crippen molar-refractivity contribution in [2.75, 3.05) is 0 Å². The minimum Gasteiger partial charge on any atom is -0.508 e. The van der Waals surface area contributed by atoms with Crippen LogP contribution in [0.2, 0.25) is 0 Å². The molecular formula is C14H15NO4. The van der Waals surface area contributed by atoms with Crippen LogP contribution in [0.1, 0.15) is 24.8 Å². The first-order valence-corrected chi connectivity index (χ1v) is 6.40. The predicted octanol–water partition coefficient (Wildman–Crippen LogP) is 1.79. The van der Waals surface area contributed by atoms with Gasteiger partial charge in [0.05, 0.1) is 12.0 Å². The molecule has 1 fully saturated rings. The molecule has 0 bridgehead atoms. The van der Waals surface area contributed by atoms with Gasteiger partial charge in [-0.15, -0.1) is 0 Å². The molecular weight excluding hydrogens is 246 g/mol. The first-order chi connectivity index (χ1) is 9.13. The summed E-state index contributed by atoms with van der Waals surface area (Å²) in [6, 6.07) is 6.62. The molecule has 3 atom stereocenters. The van der Waals surface area contributed by atoms with Crippen molar-refractivity contribution in [3.8, 4) is 5.75 Å². The molecule has 5 nitrogen and oxygen atoms in total. The summed E-state index contributed by atoms with van der Waals surface area (Å²) in [7, 11) is 0. The molecule has 1 aromatic carbocycles. The highest BCUT2D eigenvalue weighted by Gasteiger charge is 2.39. The molecule has 100 valence electrons. The molecule has 0 spiro atoms. The van der Waals surface area contributed by atoms with Gasteiger partial charge < -0.3 is 14.9 Å². The normalized spacial score (nSPS) is 29.3. The van der Waals surface area contributed by atoms with Crippen molar-refractivity contribution in [3.05, 3.63) is 29.8 Å². The molecule has 1 saturated carbocycles. The minimum atomic E-state index is -0.744. The Morgan fingerprint density at radius 1 is 1.26 bits per heavy atom. The van der Waals surface area contributed by atoms with Crippen molar-refractivity contribution in [2.24, 2.45) is 10.9 Å². The highest BCUT2D eigenvalue weighted by molar-refractivity contribution is 5.95. The van der Waals surface area contributed by atoms with E-state index in [1.165, 1.54) is 0 Å². The fourth-order valence-electron chi connectivity index (χ4n) is 2.69. The SMILES string of the molecule is O=C(O)C1CCC2OC(c3ccc(O)cc3)=NC2C1. The second-order valence-electron chi connectivity index (χ2n) is 5.05. The van der Waals surface area contributed by atoms with E-state index in [0.29, 0.717) is 18.7 Å². The van der Waals surface area contributed by atoms with Crippen LogP contribution in [0.25, 0.3) is 0 Å². The van der Waals surface area contributed by atoms with Crippen molar-refractivity contribution in [2.45, 2.75) is 31.4 Å². The van der Waals surface area contributed by atoms with Crippen LogP contribution in [-0.2, 0) is 9.53 Å². The molecule has 0 amide bonds. The van der Waals surface area contributed by atoms with Crippen molar-refractivity contribution in [1.29, 1.82) is 0 Å². The standard InChI is InChI=1S/C14H15NO4/c16-10-4-1-8(2-5-10)13-15-11-7-9(14(17)18)3-6-12(11)19-13/h1-2,4-5,9,11-12,16H,3,6-7H2,(H,17,18). The van der Waals surface area contributed by atoms with Crippen molar-refractivity contribution in [1.82, 2.24) is 0 Å². The van der Waals surface area contributed by atoms with E-state index in [4.69, 9.17) is 9.84 Å². The number of hydrogen-bond acceptors (Lipinski definition) is 4. The van der Waals surface area contributed by atoms with E-state index < -0.39 is 5.97 Å². The van der Waals surface area contributed by atoms with Crippen molar-refractivity contribution < 1.29 is 19.7 Å². The Bertz CT molecular complexity index is 523. The number of ether oxygens (including phenoxy) is 1. The lowest BCUT2D eigenvalue weighted by atomic mass is 9.84. The van der Waals surface area contributed by atoms with E-state index in [-0.39, 0.29) is 23.8 Å². The molecule has 0 radical (unpaired) electrons. The monoisotopic (exact) mass is 261 g/mol. The average Bonchev–Trinajstić information content (AvgIpc) is 2.82. The maximum Gasteiger partial charge on any atom is 0.306 e. The average molecular weight is 261 g/mol. The Morgan fingerprint density at radius 3 is 2.68 bits per heavy atom. The predicted molar refractivity (Wildman–Crippen MR) is 68.3 cm³/mol. The van der Waals surface area contributed by atoms with Gasteiger partial charge in [-0.3, -0.25) is 4.79 Å². The number of carbonyl (C=O) groups is 1. The van der Waals surface area contributed by atoms with E-state index in [1.807, 2.05) is 0 Å². The Kier molecular flexibility index (Phi) is 2.89. The van der Waals surface area contributed by atoms with Gasteiger partial charge in [0.1, 0.15) is 11.9 Å². The Morgan fingerprint density at radius 2 is 2.00 bits per heavy atom. The van der Waals surface area contributed by atoms with Crippen LogP contribution in [0.3, 0.4) is 0 Å². The van der Waals surface area contributed by atoms with Crippen LogP contribution in [0.5, 0.6) is 5.75 Å². The number of benzene rings is 1. The van der Waals surface area contributed by atoms with E-state index >= 15 is 0 Å². The van der Waals surface area contributed by atoms with Gasteiger partial charge in [-0.05, 0) is 43.5 Å². The number of phenolic OH excluding ortho intramolecular Hbond substituents is 1. The second-order valence-corrected chi connectivity index (χ2v) is 5.05. The van der Waals surface area contributed by atoms with Crippen LogP contribution >= 0.6 is 0 Å². The summed E-state index contributed by atoms with van der Waals surface area (Å²) in [5.74, 6) is -0.300. The lowest BCUT2D eigenvalue weighted by Crippen LogP contribution is -2.33. The van der Waals surface area contributed by atoms with Gasteiger partial charge in [-0.2, -0.15) is 0 Å². The number of carboxylic acids is 1. The highest BCUT2D eigenvalue weighted by atomic mass is 16.5. The highest BCUT2D eigenvalue weighted by Crippen LogP contribution is 2.33. The van der Waals surface area contributed by atoms with Crippen LogP contribution < -0.4 is 0 Å². The summed E-state index contributed by atoms with van der Waals surface area (Å²) in [4.78, 5) is 15.5. The third-order valence-corrected chi connectivity index (χ3v) is 3.76. The molecule has 1 aromatic rings. The van der Waals surface area contributed by atoms with Crippen LogP contribution in [0.4, 0.5) is 0 Å². The third-order valence-electron chi connectivity index (χ3n) is 3.76. The van der Waals surface area contributed by atoms with E-state index in [0.717, 1.165) is 12.0 Å². The van der Waals surface area contributed by atoms with Gasteiger partial charge in [-0.1, -0.05) is 0 Å². The number of fused-ring (bicyclic) bond motifs is 1. The zero-order valence-electron chi connectivity index (χ0n) is 10.3. The second kappa shape index (κ2) is 4.57. The number of nitrogens with zero attached hydrogens (tertiary/aromatic N) is 1. The van der Waals surface area contributed by atoms with E-state index in [1.54, 1.807) is 24.3 Å². The number of phenols is 1. The Hall–Kier alpha value is -2.04. The van der Waals surface area contributed by atoms with Crippen LogP contribution in [-0.4, -0.2) is 34.2 Å². The van der Waals surface area contributed by atoms with Gasteiger partial charge in [0.25, 0.3) is 0 Å². The first-order valence-electron chi connectivity index (χ1n) is 6.40. The zero-order valence-corrected chi connectivity index (χ0v) is 10.3. The summed E-state index contributed by atoms with van der Waals surface area (Å²) < 4.78 is 5.79. The van der Waals surface area contributed by atoms with E-state index in [2.05, 4.69) is 4.99 Å². The number of aromatic hydroxyl groups is 1. The molecule has 1 aliphatic heterocycles. The number of rotatable bonds is 2. The number of aliphatic imine (C=N–C) groups is 1. The quantitative estimate of drug-likeness (QED) is 0.850. The zero-order chi connectivity index (χ0) is 13.4. The van der Waals surface area contributed by atoms with Crippen LogP contribution in [0, 0.1) is 5.92 Å². The molecule has 2 aliphatic rings. The summed E-state index contributed by atoms with van der Waals surface area (Å²) in [6.07, 6.45) is 1.92. The number of aliphatic carboxylic acids is 1. The summed E-state index contributed by atoms with van der Waals surface area (Å²) in [6.45, 7) is 0. The van der Waals surface area contributed by atoms with Gasteiger partial charge in [0.2, 0.25) is 5.90 Å². The summed E-state index contributed by atoms with van der Waals surface area (Å²) >= 11 is 0. The fraction of sp³-hybridized carbons (Fsp3) is 0.429. The molecule has 0 saturated heterocycles. The minimum absolute atomic E-state index is 0.000553. The lowest BCUT2D eigenvalue weighted by molar-refractivity contribution is -0.143. The van der Waals surface area contributed by atoms with Gasteiger partial charge >= 0.3 is 5.97 Å². The first kappa shape index (κ1) is 12.0. The molecule has 0 aromatic heterocycles. The van der Waals surface area contributed by atoms with Gasteiger partial charge in [0, 0.05) is 5.56 Å². The molecule has 19 heavy (non-hydrogen) atoms. The maximum absolute atomic E-state index is 11.0. The largest absolute Gasteiger partial charge is 0.508 e. The third kappa shape index (κ3) is 2.28. The number of carboxylic acid groups (broad SMARTS) is 1. The number of hydrogen-bond donors (Lipinski definition) is 2. The lowest BCUT2D eigenvalue weighted by Gasteiger charge is -2.26. The molecule has 1 aliphatic carbocycles. The van der Waals surface area contributed by atoms with E-state index in [9.17, 15) is 9.90 Å². The Balaban J connectivity index is 1.78. The van der Waals surface area contributed by atoms with Gasteiger partial charge in [0.15, 0.2) is 0 Å². The molecule has 2 N–H and O–H groups in total. The van der Waals surface area contributed by atoms with Crippen molar-refractivity contribution >= 4 is 11.9 Å². The molecule has 5 heteroatoms. The summed E-state index contributed by atoms with van der Waals surface area (Å²) in [5, 5.41) is 18.3. The fourth-order valence-corrected chi connectivity index (χ4v) is 2.69. The Labute approximate surface area is 110 Å². The van der Waals surface area contributed by atoms with Crippen molar-refractivity contribution in [3.63, 3.8) is 0 Å². The molecule has 1 heterocycles. The maximum atomic E-state index is 11.0. The molecule has 3 unspecified atom stereocenters. The smallest absolute Gasteiger partial charge is 0.306 e. The molecule has 3 rings (SSSR count). The van der Waals surface area contributed by atoms with Crippen LogP contribution in [0.15, 0.2) is 29.3 Å². The summed E-state index contributed by atoms with van der Waals surface area (Å²) in [5.41, 5.74) is 0.819. The topological polar surface area (TPSA) is 79.1 Å². The van der Waals surface area contributed by atoms with Gasteiger partial charge in [-0.25, -0.2) is 4.99 Å².